The number of carbonyl (C=O) groups excluding carboxylic acids is 1. The summed E-state index contributed by atoms with van der Waals surface area (Å²) in [5.41, 5.74) is -0.480. The first-order chi connectivity index (χ1) is 7.22. The Morgan fingerprint density at radius 3 is 2.44 bits per heavy atom. The topological polar surface area (TPSA) is 49.8 Å². The van der Waals surface area contributed by atoms with Gasteiger partial charge in [-0.3, -0.25) is 0 Å². The molecule has 0 radical (unpaired) electrons. The number of carbonyl (C=O) groups is 1. The lowest BCUT2D eigenvalue weighted by atomic mass is 10.00. The smallest absolute Gasteiger partial charge is 0.410 e. The van der Waals surface area contributed by atoms with Crippen LogP contribution >= 0.6 is 0 Å². The Balaban J connectivity index is 2.69. The van der Waals surface area contributed by atoms with E-state index in [-0.39, 0.29) is 18.1 Å². The number of amides is 1. The number of aliphatic hydroxyl groups is 1. The highest BCUT2D eigenvalue weighted by atomic mass is 16.6. The lowest BCUT2D eigenvalue weighted by molar-refractivity contribution is 0.00892. The molecule has 4 nitrogen and oxygen atoms in total. The minimum absolute atomic E-state index is 0.116. The lowest BCUT2D eigenvalue weighted by Gasteiger charge is -2.31. The molecule has 1 N–H and O–H groups in total. The van der Waals surface area contributed by atoms with Crippen molar-refractivity contribution in [1.82, 2.24) is 4.90 Å². The first-order valence-electron chi connectivity index (χ1n) is 5.90. The maximum absolute atomic E-state index is 11.9. The summed E-state index contributed by atoms with van der Waals surface area (Å²) >= 11 is 0. The summed E-state index contributed by atoms with van der Waals surface area (Å²) in [4.78, 5) is 13.6. The highest BCUT2D eigenvalue weighted by Crippen LogP contribution is 2.26. The predicted octanol–water partition coefficient (Wildman–Crippen LogP) is 2.01. The van der Waals surface area contributed by atoms with Crippen LogP contribution in [0, 0.1) is 5.92 Å². The van der Waals surface area contributed by atoms with Gasteiger partial charge in [0, 0.05) is 6.54 Å². The van der Waals surface area contributed by atoms with E-state index in [1.807, 2.05) is 34.6 Å². The summed E-state index contributed by atoms with van der Waals surface area (Å²) in [6, 6.07) is -0.116. The van der Waals surface area contributed by atoms with Gasteiger partial charge in [-0.15, -0.1) is 0 Å². The summed E-state index contributed by atoms with van der Waals surface area (Å²) in [5, 5.41) is 9.83. The Morgan fingerprint density at radius 2 is 2.00 bits per heavy atom. The molecule has 0 unspecified atom stereocenters. The van der Waals surface area contributed by atoms with Gasteiger partial charge in [0.1, 0.15) is 5.60 Å². The van der Waals surface area contributed by atoms with Crippen molar-refractivity contribution >= 4 is 6.09 Å². The second kappa shape index (κ2) is 4.62. The zero-order chi connectivity index (χ0) is 12.5. The van der Waals surface area contributed by atoms with E-state index in [2.05, 4.69) is 0 Å². The van der Waals surface area contributed by atoms with Crippen molar-refractivity contribution in [3.63, 3.8) is 0 Å². The average Bonchev–Trinajstić information content (AvgIpc) is 2.43. The van der Waals surface area contributed by atoms with Gasteiger partial charge in [-0.25, -0.2) is 4.79 Å². The van der Waals surface area contributed by atoms with E-state index in [4.69, 9.17) is 4.74 Å². The summed E-state index contributed by atoms with van der Waals surface area (Å²) < 4.78 is 5.33. The molecule has 94 valence electrons. The van der Waals surface area contributed by atoms with Crippen LogP contribution in [0.5, 0.6) is 0 Å². The van der Waals surface area contributed by atoms with Gasteiger partial charge in [0.25, 0.3) is 0 Å². The number of ether oxygens (including phenoxy) is 1. The zero-order valence-corrected chi connectivity index (χ0v) is 10.9. The van der Waals surface area contributed by atoms with Crippen LogP contribution in [0.3, 0.4) is 0 Å². The molecule has 0 saturated carbocycles. The summed E-state index contributed by atoms with van der Waals surface area (Å²) in [6.07, 6.45) is -0.0995. The molecule has 1 heterocycles. The van der Waals surface area contributed by atoms with E-state index in [1.165, 1.54) is 0 Å². The van der Waals surface area contributed by atoms with Gasteiger partial charge in [0.15, 0.2) is 0 Å². The van der Waals surface area contributed by atoms with E-state index >= 15 is 0 Å². The normalized spacial score (nSPS) is 26.3. The predicted molar refractivity (Wildman–Crippen MR) is 62.2 cm³/mol. The molecule has 4 heteroatoms. The Kier molecular flexibility index (Phi) is 3.84. The number of likely N-dealkylation sites (tertiary alicyclic amines) is 1. The third-order valence-electron chi connectivity index (χ3n) is 2.73. The number of hydrogen-bond acceptors (Lipinski definition) is 3. The van der Waals surface area contributed by atoms with Gasteiger partial charge in [0.05, 0.1) is 12.1 Å². The third-order valence-corrected chi connectivity index (χ3v) is 2.73. The van der Waals surface area contributed by atoms with Crippen molar-refractivity contribution in [1.29, 1.82) is 0 Å². The zero-order valence-electron chi connectivity index (χ0n) is 10.9. The van der Waals surface area contributed by atoms with Crippen LogP contribution in [-0.2, 0) is 4.74 Å². The SMILES string of the molecule is CC(C)[C@@H]1[C@@H](O)CCN1C(=O)OC(C)(C)C. The molecule has 0 aromatic carbocycles. The molecule has 0 aliphatic carbocycles. The van der Waals surface area contributed by atoms with Crippen LogP contribution in [0.15, 0.2) is 0 Å². The van der Waals surface area contributed by atoms with E-state index in [0.29, 0.717) is 13.0 Å². The maximum atomic E-state index is 11.9. The fraction of sp³-hybridized carbons (Fsp3) is 0.917. The Labute approximate surface area is 97.6 Å². The van der Waals surface area contributed by atoms with Crippen molar-refractivity contribution in [2.24, 2.45) is 5.92 Å². The molecule has 1 aliphatic heterocycles. The van der Waals surface area contributed by atoms with E-state index in [1.54, 1.807) is 4.90 Å². The van der Waals surface area contributed by atoms with Crippen molar-refractivity contribution in [3.8, 4) is 0 Å². The summed E-state index contributed by atoms with van der Waals surface area (Å²) in [6.45, 7) is 10.2. The minimum atomic E-state index is -0.480. The second-order valence-electron chi connectivity index (χ2n) is 5.76. The number of rotatable bonds is 1. The number of aliphatic hydroxyl groups excluding tert-OH is 1. The quantitative estimate of drug-likeness (QED) is 0.748. The number of hydrogen-bond donors (Lipinski definition) is 1. The summed E-state index contributed by atoms with van der Waals surface area (Å²) in [5.74, 6) is 0.241. The lowest BCUT2D eigenvalue weighted by Crippen LogP contribution is -2.45. The highest BCUT2D eigenvalue weighted by molar-refractivity contribution is 5.69. The second-order valence-corrected chi connectivity index (χ2v) is 5.76. The van der Waals surface area contributed by atoms with Gasteiger partial charge in [0.2, 0.25) is 0 Å². The third kappa shape index (κ3) is 3.11. The fourth-order valence-corrected chi connectivity index (χ4v) is 2.14. The van der Waals surface area contributed by atoms with Gasteiger partial charge in [-0.05, 0) is 33.1 Å². The van der Waals surface area contributed by atoms with Gasteiger partial charge < -0.3 is 14.7 Å². The molecular formula is C12H23NO3. The van der Waals surface area contributed by atoms with Crippen molar-refractivity contribution in [2.45, 2.75) is 58.8 Å². The molecule has 0 aromatic rings. The largest absolute Gasteiger partial charge is 0.444 e. The molecule has 1 fully saturated rings. The van der Waals surface area contributed by atoms with Crippen LogP contribution in [0.2, 0.25) is 0 Å². The van der Waals surface area contributed by atoms with Crippen LogP contribution < -0.4 is 0 Å². The standard InChI is InChI=1S/C12H23NO3/c1-8(2)10-9(14)6-7-13(10)11(15)16-12(3,4)5/h8-10,14H,6-7H2,1-5H3/t9-,10+/m0/s1. The van der Waals surface area contributed by atoms with E-state index in [9.17, 15) is 9.90 Å². The van der Waals surface area contributed by atoms with E-state index in [0.717, 1.165) is 0 Å². The van der Waals surface area contributed by atoms with Crippen LogP contribution in [-0.4, -0.2) is 40.4 Å². The number of nitrogens with zero attached hydrogens (tertiary/aromatic N) is 1. The first-order valence-corrected chi connectivity index (χ1v) is 5.90. The van der Waals surface area contributed by atoms with Crippen molar-refractivity contribution in [3.05, 3.63) is 0 Å². The molecule has 0 spiro atoms. The van der Waals surface area contributed by atoms with Crippen LogP contribution in [0.1, 0.15) is 41.0 Å². The van der Waals surface area contributed by atoms with Crippen molar-refractivity contribution < 1.29 is 14.6 Å². The van der Waals surface area contributed by atoms with Crippen LogP contribution in [0.4, 0.5) is 4.79 Å². The van der Waals surface area contributed by atoms with Gasteiger partial charge in [-0.2, -0.15) is 0 Å². The molecular weight excluding hydrogens is 206 g/mol. The molecule has 2 atom stereocenters. The Hall–Kier alpha value is -0.770. The minimum Gasteiger partial charge on any atom is -0.444 e. The molecule has 0 bridgehead atoms. The monoisotopic (exact) mass is 229 g/mol. The molecule has 16 heavy (non-hydrogen) atoms. The first kappa shape index (κ1) is 13.3. The molecule has 1 amide bonds. The summed E-state index contributed by atoms with van der Waals surface area (Å²) in [7, 11) is 0. The maximum Gasteiger partial charge on any atom is 0.410 e. The average molecular weight is 229 g/mol. The van der Waals surface area contributed by atoms with Gasteiger partial charge >= 0.3 is 6.09 Å². The molecule has 1 aliphatic rings. The van der Waals surface area contributed by atoms with Gasteiger partial charge in [-0.1, -0.05) is 13.8 Å². The molecule has 1 saturated heterocycles. The molecule has 0 aromatic heterocycles. The highest BCUT2D eigenvalue weighted by Gasteiger charge is 2.39. The van der Waals surface area contributed by atoms with E-state index < -0.39 is 11.7 Å². The Morgan fingerprint density at radius 1 is 1.44 bits per heavy atom. The van der Waals surface area contributed by atoms with Crippen molar-refractivity contribution in [2.75, 3.05) is 6.54 Å². The molecule has 1 rings (SSSR count). The fourth-order valence-electron chi connectivity index (χ4n) is 2.14. The Bertz CT molecular complexity index is 257. The van der Waals surface area contributed by atoms with Crippen LogP contribution in [0.25, 0.3) is 0 Å².